The third kappa shape index (κ3) is 4.19. The molecule has 0 aromatic heterocycles. The molecule has 21 heavy (non-hydrogen) atoms. The first-order valence-electron chi connectivity index (χ1n) is 6.52. The van der Waals surface area contributed by atoms with Crippen molar-refractivity contribution in [3.63, 3.8) is 0 Å². The fraction of sp³-hybridized carbons (Fsp3) is 0.357. The number of carbonyl (C=O) groups is 3. The second-order valence-electron chi connectivity index (χ2n) is 4.89. The molecule has 2 amide bonds. The van der Waals surface area contributed by atoms with Crippen molar-refractivity contribution in [3.05, 3.63) is 34.9 Å². The van der Waals surface area contributed by atoms with Crippen molar-refractivity contribution in [1.82, 2.24) is 10.6 Å². The van der Waals surface area contributed by atoms with Gasteiger partial charge in [0.25, 0.3) is 0 Å². The second-order valence-corrected chi connectivity index (χ2v) is 5.33. The van der Waals surface area contributed by atoms with E-state index < -0.39 is 24.0 Å². The molecule has 7 heteroatoms. The van der Waals surface area contributed by atoms with Crippen molar-refractivity contribution >= 4 is 29.4 Å². The molecule has 1 aromatic carbocycles. The van der Waals surface area contributed by atoms with E-state index in [1.807, 2.05) is 0 Å². The summed E-state index contributed by atoms with van der Waals surface area (Å²) in [6.07, 6.45) is 0.792. The van der Waals surface area contributed by atoms with Crippen LogP contribution in [0.4, 0.5) is 0 Å². The molecule has 0 spiro atoms. The maximum absolute atomic E-state index is 11.9. The number of nitrogens with one attached hydrogen (secondary N) is 2. The number of benzene rings is 1. The molecular weight excluding hydrogens is 296 g/mol. The number of carboxylic acids is 1. The Kier molecular flexibility index (Phi) is 4.80. The lowest BCUT2D eigenvalue weighted by molar-refractivity contribution is -0.142. The summed E-state index contributed by atoms with van der Waals surface area (Å²) in [7, 11) is 0. The number of rotatable bonds is 5. The normalized spacial score (nSPS) is 18.9. The molecule has 0 radical (unpaired) electrons. The van der Waals surface area contributed by atoms with E-state index in [4.69, 9.17) is 11.6 Å². The van der Waals surface area contributed by atoms with Gasteiger partial charge in [-0.2, -0.15) is 0 Å². The van der Waals surface area contributed by atoms with Crippen LogP contribution in [0.2, 0.25) is 5.02 Å². The average molecular weight is 311 g/mol. The molecule has 2 rings (SSSR count). The first-order chi connectivity index (χ1) is 9.95. The molecular formula is C14H15ClN2O4. The van der Waals surface area contributed by atoms with Crippen molar-refractivity contribution in [2.24, 2.45) is 0 Å². The summed E-state index contributed by atoms with van der Waals surface area (Å²) in [5.41, 5.74) is 0.714. The van der Waals surface area contributed by atoms with E-state index in [0.717, 1.165) is 0 Å². The highest BCUT2D eigenvalue weighted by Gasteiger charge is 2.30. The maximum Gasteiger partial charge on any atom is 0.326 e. The van der Waals surface area contributed by atoms with E-state index in [1.54, 1.807) is 24.3 Å². The minimum absolute atomic E-state index is 0.127. The van der Waals surface area contributed by atoms with Gasteiger partial charge in [0.15, 0.2) is 0 Å². The standard InChI is InChI=1S/C14H15ClN2O4/c15-9-3-1-2-8(6-9)7-11(14(20)21)17-13(19)10-4-5-12(18)16-10/h1-3,6,10-11H,4-5,7H2,(H,16,18)(H,17,19)(H,20,21)/t10-,11-/m0/s1. The molecule has 0 aliphatic carbocycles. The molecule has 1 aliphatic rings. The highest BCUT2D eigenvalue weighted by molar-refractivity contribution is 6.30. The number of aliphatic carboxylic acids is 1. The van der Waals surface area contributed by atoms with Crippen LogP contribution in [0.1, 0.15) is 18.4 Å². The van der Waals surface area contributed by atoms with Crippen LogP contribution in [-0.4, -0.2) is 35.0 Å². The number of carboxylic acid groups (broad SMARTS) is 1. The quantitative estimate of drug-likeness (QED) is 0.747. The van der Waals surface area contributed by atoms with Crippen molar-refractivity contribution in [2.45, 2.75) is 31.3 Å². The lowest BCUT2D eigenvalue weighted by Gasteiger charge is -2.17. The molecule has 1 heterocycles. The molecule has 1 saturated heterocycles. The van der Waals surface area contributed by atoms with Gasteiger partial charge in [-0.15, -0.1) is 0 Å². The maximum atomic E-state index is 11.9. The molecule has 0 bridgehead atoms. The smallest absolute Gasteiger partial charge is 0.326 e. The van der Waals surface area contributed by atoms with Gasteiger partial charge in [0.2, 0.25) is 11.8 Å². The Morgan fingerprint density at radius 3 is 2.81 bits per heavy atom. The Labute approximate surface area is 126 Å². The van der Waals surface area contributed by atoms with Crippen molar-refractivity contribution in [2.75, 3.05) is 0 Å². The fourth-order valence-corrected chi connectivity index (χ4v) is 2.40. The molecule has 3 N–H and O–H groups in total. The second kappa shape index (κ2) is 6.58. The third-order valence-electron chi connectivity index (χ3n) is 3.26. The van der Waals surface area contributed by atoms with Gasteiger partial charge in [0.1, 0.15) is 12.1 Å². The number of amides is 2. The zero-order valence-electron chi connectivity index (χ0n) is 11.1. The van der Waals surface area contributed by atoms with Crippen LogP contribution in [0.5, 0.6) is 0 Å². The predicted molar refractivity (Wildman–Crippen MR) is 75.9 cm³/mol. The zero-order chi connectivity index (χ0) is 15.4. The summed E-state index contributed by atoms with van der Waals surface area (Å²) in [6, 6.07) is 5.09. The van der Waals surface area contributed by atoms with Crippen LogP contribution in [0, 0.1) is 0 Å². The van der Waals surface area contributed by atoms with Crippen LogP contribution in [0.15, 0.2) is 24.3 Å². The predicted octanol–water partition coefficient (Wildman–Crippen LogP) is 0.730. The summed E-state index contributed by atoms with van der Waals surface area (Å²) in [4.78, 5) is 34.3. The van der Waals surface area contributed by atoms with Gasteiger partial charge in [-0.3, -0.25) is 9.59 Å². The number of halogens is 1. The summed E-state index contributed by atoms with van der Waals surface area (Å²) in [5, 5.41) is 14.7. The van der Waals surface area contributed by atoms with E-state index >= 15 is 0 Å². The van der Waals surface area contributed by atoms with E-state index in [1.165, 1.54) is 0 Å². The fourth-order valence-electron chi connectivity index (χ4n) is 2.18. The van der Waals surface area contributed by atoms with E-state index in [2.05, 4.69) is 10.6 Å². The van der Waals surface area contributed by atoms with Crippen molar-refractivity contribution in [1.29, 1.82) is 0 Å². The first kappa shape index (κ1) is 15.3. The van der Waals surface area contributed by atoms with Gasteiger partial charge < -0.3 is 15.7 Å². The Bertz CT molecular complexity index is 576. The molecule has 112 valence electrons. The Morgan fingerprint density at radius 1 is 1.48 bits per heavy atom. The molecule has 1 aliphatic heterocycles. The van der Waals surface area contributed by atoms with Crippen LogP contribution in [0.25, 0.3) is 0 Å². The zero-order valence-corrected chi connectivity index (χ0v) is 11.9. The van der Waals surface area contributed by atoms with Gasteiger partial charge >= 0.3 is 5.97 Å². The van der Waals surface area contributed by atoms with E-state index in [-0.39, 0.29) is 18.7 Å². The summed E-state index contributed by atoms with van der Waals surface area (Å²) in [6.45, 7) is 0. The Morgan fingerprint density at radius 2 is 2.24 bits per heavy atom. The molecule has 2 atom stereocenters. The summed E-state index contributed by atoms with van der Waals surface area (Å²) in [5.74, 6) is -1.81. The molecule has 1 fully saturated rings. The van der Waals surface area contributed by atoms with Gasteiger partial charge in [0, 0.05) is 17.9 Å². The molecule has 6 nitrogen and oxygen atoms in total. The van der Waals surface area contributed by atoms with Crippen LogP contribution in [0.3, 0.4) is 0 Å². The molecule has 0 saturated carbocycles. The SMILES string of the molecule is O=C1CC[C@@H](C(=O)N[C@@H](Cc2cccc(Cl)c2)C(=O)O)N1. The summed E-state index contributed by atoms with van der Waals surface area (Å²) < 4.78 is 0. The van der Waals surface area contributed by atoms with Crippen molar-refractivity contribution < 1.29 is 19.5 Å². The van der Waals surface area contributed by atoms with Crippen LogP contribution < -0.4 is 10.6 Å². The van der Waals surface area contributed by atoms with Gasteiger partial charge in [-0.25, -0.2) is 4.79 Å². The summed E-state index contributed by atoms with van der Waals surface area (Å²) >= 11 is 5.85. The van der Waals surface area contributed by atoms with Gasteiger partial charge in [0.05, 0.1) is 0 Å². The van der Waals surface area contributed by atoms with Crippen molar-refractivity contribution in [3.8, 4) is 0 Å². The van der Waals surface area contributed by atoms with Crippen LogP contribution in [-0.2, 0) is 20.8 Å². The largest absolute Gasteiger partial charge is 0.480 e. The number of hydrogen-bond acceptors (Lipinski definition) is 3. The van der Waals surface area contributed by atoms with Crippen LogP contribution >= 0.6 is 11.6 Å². The lowest BCUT2D eigenvalue weighted by atomic mass is 10.1. The topological polar surface area (TPSA) is 95.5 Å². The highest BCUT2D eigenvalue weighted by Crippen LogP contribution is 2.13. The minimum atomic E-state index is -1.13. The van der Waals surface area contributed by atoms with Gasteiger partial charge in [-0.1, -0.05) is 23.7 Å². The monoisotopic (exact) mass is 310 g/mol. The number of carbonyl (C=O) groups excluding carboxylic acids is 2. The minimum Gasteiger partial charge on any atom is -0.480 e. The number of hydrogen-bond donors (Lipinski definition) is 3. The molecule has 1 aromatic rings. The van der Waals surface area contributed by atoms with Gasteiger partial charge in [-0.05, 0) is 24.1 Å². The highest BCUT2D eigenvalue weighted by atomic mass is 35.5. The Balaban J connectivity index is 2.00. The lowest BCUT2D eigenvalue weighted by Crippen LogP contribution is -2.49. The van der Waals surface area contributed by atoms with E-state index in [0.29, 0.717) is 17.0 Å². The molecule has 0 unspecified atom stereocenters. The Hall–Kier alpha value is -2.08. The average Bonchev–Trinajstić information content (AvgIpc) is 2.84. The first-order valence-corrected chi connectivity index (χ1v) is 6.90. The van der Waals surface area contributed by atoms with E-state index in [9.17, 15) is 19.5 Å². The third-order valence-corrected chi connectivity index (χ3v) is 3.49.